The van der Waals surface area contributed by atoms with Crippen molar-refractivity contribution in [1.29, 1.82) is 0 Å². The Morgan fingerprint density at radius 3 is 2.33 bits per heavy atom. The van der Waals surface area contributed by atoms with Crippen molar-refractivity contribution in [2.24, 2.45) is 4.99 Å². The quantitative estimate of drug-likeness (QED) is 0.727. The molecule has 0 unspecified atom stereocenters. The van der Waals surface area contributed by atoms with Crippen molar-refractivity contribution in [2.75, 3.05) is 0 Å². The van der Waals surface area contributed by atoms with Crippen molar-refractivity contribution in [3.05, 3.63) is 78.6 Å². The van der Waals surface area contributed by atoms with E-state index < -0.39 is 0 Å². The maximum Gasteiger partial charge on any atom is 0.123 e. The van der Waals surface area contributed by atoms with Gasteiger partial charge in [0.25, 0.3) is 0 Å². The second-order valence-electron chi connectivity index (χ2n) is 4.55. The van der Waals surface area contributed by atoms with E-state index in [2.05, 4.69) is 9.98 Å². The summed E-state index contributed by atoms with van der Waals surface area (Å²) in [5.74, 6) is 0.236. The molecule has 3 aromatic rings. The van der Waals surface area contributed by atoms with Gasteiger partial charge in [0.2, 0.25) is 0 Å². The second-order valence-corrected chi connectivity index (χ2v) is 4.55. The summed E-state index contributed by atoms with van der Waals surface area (Å²) >= 11 is 0. The largest absolute Gasteiger partial charge is 0.507 e. The first-order valence-electron chi connectivity index (χ1n) is 6.67. The van der Waals surface area contributed by atoms with Gasteiger partial charge in [0.15, 0.2) is 0 Å². The number of nitrogens with zero attached hydrogens (tertiary/aromatic N) is 2. The number of aromatic nitrogens is 1. The zero-order valence-electron chi connectivity index (χ0n) is 11.3. The first-order valence-corrected chi connectivity index (χ1v) is 6.67. The molecule has 0 aliphatic rings. The molecule has 102 valence electrons. The van der Waals surface area contributed by atoms with Crippen molar-refractivity contribution in [3.63, 3.8) is 0 Å². The van der Waals surface area contributed by atoms with E-state index in [9.17, 15) is 5.11 Å². The van der Waals surface area contributed by atoms with Crippen LogP contribution in [0.15, 0.2) is 77.9 Å². The Morgan fingerprint density at radius 2 is 1.52 bits per heavy atom. The van der Waals surface area contributed by atoms with Crippen LogP contribution in [0, 0.1) is 0 Å². The van der Waals surface area contributed by atoms with Crippen LogP contribution in [0.4, 0.5) is 5.69 Å². The summed E-state index contributed by atoms with van der Waals surface area (Å²) in [6.45, 7) is 0. The smallest absolute Gasteiger partial charge is 0.123 e. The van der Waals surface area contributed by atoms with Crippen LogP contribution in [-0.4, -0.2) is 16.3 Å². The molecule has 1 aromatic heterocycles. The molecule has 3 nitrogen and oxygen atoms in total. The average molecular weight is 274 g/mol. The van der Waals surface area contributed by atoms with Gasteiger partial charge < -0.3 is 5.11 Å². The second kappa shape index (κ2) is 6.01. The predicted octanol–water partition coefficient (Wildman–Crippen LogP) is 4.20. The van der Waals surface area contributed by atoms with Gasteiger partial charge in [0, 0.05) is 17.3 Å². The van der Waals surface area contributed by atoms with Crippen LogP contribution in [0.25, 0.3) is 11.1 Å². The predicted molar refractivity (Wildman–Crippen MR) is 85.0 cm³/mol. The molecule has 0 fully saturated rings. The summed E-state index contributed by atoms with van der Waals surface area (Å²) in [5, 5.41) is 10.0. The van der Waals surface area contributed by atoms with Crippen LogP contribution in [-0.2, 0) is 0 Å². The molecule has 0 aliphatic carbocycles. The van der Waals surface area contributed by atoms with Crippen LogP contribution in [0.1, 0.15) is 5.69 Å². The van der Waals surface area contributed by atoms with Crippen molar-refractivity contribution in [2.45, 2.75) is 0 Å². The molecule has 21 heavy (non-hydrogen) atoms. The van der Waals surface area contributed by atoms with Crippen molar-refractivity contribution in [3.8, 4) is 16.9 Å². The minimum atomic E-state index is 0.236. The summed E-state index contributed by atoms with van der Waals surface area (Å²) in [5.41, 5.74) is 3.20. The SMILES string of the molecule is Oc1ccccc1-c1cccnc1C=Nc1ccccc1. The molecule has 0 atom stereocenters. The summed E-state index contributed by atoms with van der Waals surface area (Å²) in [7, 11) is 0. The van der Waals surface area contributed by atoms with E-state index in [0.717, 1.165) is 22.5 Å². The highest BCUT2D eigenvalue weighted by atomic mass is 16.3. The van der Waals surface area contributed by atoms with E-state index >= 15 is 0 Å². The third-order valence-corrected chi connectivity index (χ3v) is 3.12. The molecule has 0 radical (unpaired) electrons. The van der Waals surface area contributed by atoms with Crippen molar-refractivity contribution < 1.29 is 5.11 Å². The molecule has 3 rings (SSSR count). The number of aromatic hydroxyl groups is 1. The fraction of sp³-hybridized carbons (Fsp3) is 0. The molecule has 3 heteroatoms. The number of benzene rings is 2. The third-order valence-electron chi connectivity index (χ3n) is 3.12. The zero-order chi connectivity index (χ0) is 14.5. The van der Waals surface area contributed by atoms with Gasteiger partial charge in [-0.1, -0.05) is 42.5 Å². The van der Waals surface area contributed by atoms with Crippen LogP contribution in [0.3, 0.4) is 0 Å². The molecule has 0 saturated heterocycles. The number of para-hydroxylation sites is 2. The molecule has 0 bridgehead atoms. The Kier molecular flexibility index (Phi) is 3.74. The number of hydrogen-bond acceptors (Lipinski definition) is 3. The molecule has 0 spiro atoms. The summed E-state index contributed by atoms with van der Waals surface area (Å²) in [6, 6.07) is 20.7. The number of aliphatic imine (C=N–C) groups is 1. The van der Waals surface area contributed by atoms with Gasteiger partial charge in [-0.2, -0.15) is 0 Å². The Labute approximate surface area is 123 Å². The third kappa shape index (κ3) is 2.98. The Balaban J connectivity index is 2.01. The molecule has 0 amide bonds. The van der Waals surface area contributed by atoms with E-state index in [4.69, 9.17) is 0 Å². The lowest BCUT2D eigenvalue weighted by Crippen LogP contribution is -1.92. The molecular formula is C18H14N2O. The van der Waals surface area contributed by atoms with Gasteiger partial charge in [0.1, 0.15) is 5.75 Å². The summed E-state index contributed by atoms with van der Waals surface area (Å²) in [4.78, 5) is 8.77. The molecule has 1 N–H and O–H groups in total. The van der Waals surface area contributed by atoms with E-state index in [1.165, 1.54) is 0 Å². The van der Waals surface area contributed by atoms with Gasteiger partial charge >= 0.3 is 0 Å². The summed E-state index contributed by atoms with van der Waals surface area (Å²) < 4.78 is 0. The first-order chi connectivity index (χ1) is 10.3. The highest BCUT2D eigenvalue weighted by molar-refractivity contribution is 5.90. The van der Waals surface area contributed by atoms with Gasteiger partial charge in [0.05, 0.1) is 17.6 Å². The van der Waals surface area contributed by atoms with Crippen LogP contribution < -0.4 is 0 Å². The van der Waals surface area contributed by atoms with E-state index in [-0.39, 0.29) is 5.75 Å². The molecule has 2 aromatic carbocycles. The minimum Gasteiger partial charge on any atom is -0.507 e. The molecule has 0 aliphatic heterocycles. The molecule has 1 heterocycles. The van der Waals surface area contributed by atoms with Gasteiger partial charge in [-0.05, 0) is 24.3 Å². The highest BCUT2D eigenvalue weighted by Gasteiger charge is 2.07. The number of hydrogen-bond donors (Lipinski definition) is 1. The highest BCUT2D eigenvalue weighted by Crippen LogP contribution is 2.29. The zero-order valence-corrected chi connectivity index (χ0v) is 11.3. The Morgan fingerprint density at radius 1 is 0.810 bits per heavy atom. The van der Waals surface area contributed by atoms with Crippen molar-refractivity contribution >= 4 is 11.9 Å². The lowest BCUT2D eigenvalue weighted by atomic mass is 10.0. The Hall–Kier alpha value is -2.94. The maximum absolute atomic E-state index is 10.0. The average Bonchev–Trinajstić information content (AvgIpc) is 2.55. The van der Waals surface area contributed by atoms with Crippen LogP contribution in [0.5, 0.6) is 5.75 Å². The van der Waals surface area contributed by atoms with E-state index in [1.54, 1.807) is 24.5 Å². The van der Waals surface area contributed by atoms with Crippen molar-refractivity contribution in [1.82, 2.24) is 4.98 Å². The first kappa shape index (κ1) is 13.1. The monoisotopic (exact) mass is 274 g/mol. The topological polar surface area (TPSA) is 45.5 Å². The van der Waals surface area contributed by atoms with E-state index in [1.807, 2.05) is 54.6 Å². The fourth-order valence-corrected chi connectivity index (χ4v) is 2.10. The number of pyridine rings is 1. The lowest BCUT2D eigenvalue weighted by Gasteiger charge is -2.06. The van der Waals surface area contributed by atoms with E-state index in [0.29, 0.717) is 0 Å². The number of rotatable bonds is 3. The van der Waals surface area contributed by atoms with Gasteiger partial charge in [-0.15, -0.1) is 0 Å². The normalized spacial score (nSPS) is 10.9. The fourth-order valence-electron chi connectivity index (χ4n) is 2.10. The lowest BCUT2D eigenvalue weighted by molar-refractivity contribution is 0.477. The number of phenols is 1. The van der Waals surface area contributed by atoms with Crippen LogP contribution >= 0.6 is 0 Å². The van der Waals surface area contributed by atoms with Gasteiger partial charge in [-0.3, -0.25) is 9.98 Å². The standard InChI is InChI=1S/C18H14N2O/c21-18-11-5-4-9-16(18)15-10-6-12-19-17(15)13-20-14-7-2-1-3-8-14/h1-13,21H. The summed E-state index contributed by atoms with van der Waals surface area (Å²) in [6.07, 6.45) is 3.44. The maximum atomic E-state index is 10.0. The molecular weight excluding hydrogens is 260 g/mol. The number of phenolic OH excluding ortho intramolecular Hbond substituents is 1. The van der Waals surface area contributed by atoms with Gasteiger partial charge in [-0.25, -0.2) is 0 Å². The molecule has 0 saturated carbocycles. The van der Waals surface area contributed by atoms with Crippen LogP contribution in [0.2, 0.25) is 0 Å². The minimum absolute atomic E-state index is 0.236. The Bertz CT molecular complexity index is 767.